The quantitative estimate of drug-likeness (QED) is 0.677. The van der Waals surface area contributed by atoms with Crippen LogP contribution in [0.4, 0.5) is 0 Å². The van der Waals surface area contributed by atoms with Gasteiger partial charge < -0.3 is 5.32 Å². The van der Waals surface area contributed by atoms with E-state index >= 15 is 0 Å². The van der Waals surface area contributed by atoms with Crippen LogP contribution in [0.3, 0.4) is 0 Å². The normalized spacial score (nSPS) is 10.0. The summed E-state index contributed by atoms with van der Waals surface area (Å²) in [4.78, 5) is 20.4. The lowest BCUT2D eigenvalue weighted by Crippen LogP contribution is -2.24. The van der Waals surface area contributed by atoms with Gasteiger partial charge in [-0.3, -0.25) is 4.79 Å². The van der Waals surface area contributed by atoms with Gasteiger partial charge in [0.25, 0.3) is 0 Å². The number of nitrogens with one attached hydrogen (secondary N) is 1. The predicted molar refractivity (Wildman–Crippen MR) is 85.2 cm³/mol. The molecule has 22 heavy (non-hydrogen) atoms. The van der Waals surface area contributed by atoms with Gasteiger partial charge in [-0.1, -0.05) is 23.9 Å². The molecule has 0 fully saturated rings. The van der Waals surface area contributed by atoms with E-state index in [1.165, 1.54) is 11.8 Å². The Hall–Kier alpha value is -2.39. The van der Waals surface area contributed by atoms with Gasteiger partial charge in [-0.05, 0) is 37.6 Å². The van der Waals surface area contributed by atoms with Gasteiger partial charge in [0.05, 0.1) is 17.4 Å². The van der Waals surface area contributed by atoms with E-state index in [0.29, 0.717) is 17.3 Å². The van der Waals surface area contributed by atoms with Crippen LogP contribution in [0.1, 0.15) is 22.5 Å². The van der Waals surface area contributed by atoms with E-state index in [0.717, 1.165) is 17.0 Å². The summed E-state index contributed by atoms with van der Waals surface area (Å²) >= 11 is 1.32. The number of rotatable bonds is 5. The fraction of sp³-hybridized carbons (Fsp3) is 0.250. The molecule has 0 aliphatic heterocycles. The Balaban J connectivity index is 1.81. The second kappa shape index (κ2) is 7.57. The summed E-state index contributed by atoms with van der Waals surface area (Å²) in [6, 6.07) is 11.1. The zero-order valence-corrected chi connectivity index (χ0v) is 13.3. The maximum absolute atomic E-state index is 11.8. The lowest BCUT2D eigenvalue weighted by atomic mass is 10.1. The number of aromatic nitrogens is 2. The van der Waals surface area contributed by atoms with Crippen LogP contribution in [0.5, 0.6) is 0 Å². The van der Waals surface area contributed by atoms with Crippen molar-refractivity contribution in [1.82, 2.24) is 15.3 Å². The van der Waals surface area contributed by atoms with Crippen molar-refractivity contribution in [3.63, 3.8) is 0 Å². The van der Waals surface area contributed by atoms with Gasteiger partial charge in [0, 0.05) is 17.9 Å². The topological polar surface area (TPSA) is 78.7 Å². The fourth-order valence-corrected chi connectivity index (χ4v) is 2.62. The first-order valence-electron chi connectivity index (χ1n) is 6.77. The van der Waals surface area contributed by atoms with Crippen LogP contribution in [0.15, 0.2) is 35.5 Å². The highest BCUT2D eigenvalue weighted by molar-refractivity contribution is 7.99. The molecule has 0 unspecified atom stereocenters. The molecule has 1 N–H and O–H groups in total. The molecule has 5 nitrogen and oxygen atoms in total. The third kappa shape index (κ3) is 4.86. The molecular weight excluding hydrogens is 296 g/mol. The number of hydrogen-bond acceptors (Lipinski definition) is 5. The van der Waals surface area contributed by atoms with Crippen molar-refractivity contribution in [2.24, 2.45) is 0 Å². The molecule has 6 heteroatoms. The van der Waals surface area contributed by atoms with Crippen LogP contribution in [0.25, 0.3) is 0 Å². The molecule has 1 aromatic carbocycles. The molecule has 1 aromatic heterocycles. The monoisotopic (exact) mass is 312 g/mol. The molecule has 0 saturated carbocycles. The van der Waals surface area contributed by atoms with Crippen molar-refractivity contribution in [2.75, 3.05) is 5.75 Å². The van der Waals surface area contributed by atoms with E-state index < -0.39 is 0 Å². The average Bonchev–Trinajstić information content (AvgIpc) is 2.50. The largest absolute Gasteiger partial charge is 0.351 e. The minimum absolute atomic E-state index is 0.0721. The number of carbonyl (C=O) groups is 1. The number of hydrogen-bond donors (Lipinski definition) is 1. The summed E-state index contributed by atoms with van der Waals surface area (Å²) in [5.74, 6) is 0.205. The second-order valence-electron chi connectivity index (χ2n) is 4.81. The number of amides is 1. The smallest absolute Gasteiger partial charge is 0.230 e. The summed E-state index contributed by atoms with van der Waals surface area (Å²) in [6.07, 6.45) is 0. The Labute approximate surface area is 133 Å². The van der Waals surface area contributed by atoms with E-state index in [9.17, 15) is 4.79 Å². The first-order chi connectivity index (χ1) is 10.6. The number of nitrogens with zero attached hydrogens (tertiary/aromatic N) is 3. The minimum atomic E-state index is -0.0721. The standard InChI is InChI=1S/C16H16N4OS/c1-11-7-12(2)20-16(19-11)22-10-15(21)18-9-14-5-3-13(8-17)4-6-14/h3-7H,9-10H2,1-2H3,(H,18,21). The Kier molecular flexibility index (Phi) is 5.50. The summed E-state index contributed by atoms with van der Waals surface area (Å²) in [5, 5.41) is 12.2. The van der Waals surface area contributed by atoms with Crippen LogP contribution < -0.4 is 5.32 Å². The number of thioether (sulfide) groups is 1. The highest BCUT2D eigenvalue weighted by Crippen LogP contribution is 2.13. The van der Waals surface area contributed by atoms with Crippen LogP contribution in [0, 0.1) is 25.2 Å². The van der Waals surface area contributed by atoms with Crippen molar-refractivity contribution in [1.29, 1.82) is 5.26 Å². The maximum atomic E-state index is 11.8. The molecule has 0 radical (unpaired) electrons. The first kappa shape index (κ1) is 16.0. The van der Waals surface area contributed by atoms with Gasteiger partial charge in [-0.15, -0.1) is 0 Å². The molecule has 1 heterocycles. The van der Waals surface area contributed by atoms with E-state index in [4.69, 9.17) is 5.26 Å². The molecule has 2 rings (SSSR count). The Bertz CT molecular complexity index is 687. The van der Waals surface area contributed by atoms with Crippen LogP contribution in [0.2, 0.25) is 0 Å². The second-order valence-corrected chi connectivity index (χ2v) is 5.75. The summed E-state index contributed by atoms with van der Waals surface area (Å²) in [6.45, 7) is 4.26. The van der Waals surface area contributed by atoms with E-state index in [-0.39, 0.29) is 11.7 Å². The van der Waals surface area contributed by atoms with Crippen molar-refractivity contribution < 1.29 is 4.79 Å². The molecule has 0 spiro atoms. The Morgan fingerprint density at radius 1 is 1.23 bits per heavy atom. The van der Waals surface area contributed by atoms with Crippen molar-refractivity contribution in [2.45, 2.75) is 25.5 Å². The van der Waals surface area contributed by atoms with E-state index in [2.05, 4.69) is 21.4 Å². The number of aryl methyl sites for hydroxylation is 2. The lowest BCUT2D eigenvalue weighted by Gasteiger charge is -2.06. The number of carbonyl (C=O) groups excluding carboxylic acids is 1. The SMILES string of the molecule is Cc1cc(C)nc(SCC(=O)NCc2ccc(C#N)cc2)n1. The van der Waals surface area contributed by atoms with E-state index in [1.807, 2.05) is 32.0 Å². The van der Waals surface area contributed by atoms with Gasteiger partial charge in [0.1, 0.15) is 0 Å². The minimum Gasteiger partial charge on any atom is -0.351 e. The van der Waals surface area contributed by atoms with Gasteiger partial charge in [-0.25, -0.2) is 9.97 Å². The molecular formula is C16H16N4OS. The highest BCUT2D eigenvalue weighted by atomic mass is 32.2. The molecule has 0 bridgehead atoms. The zero-order chi connectivity index (χ0) is 15.9. The molecule has 2 aromatic rings. The van der Waals surface area contributed by atoms with Crippen LogP contribution >= 0.6 is 11.8 Å². The highest BCUT2D eigenvalue weighted by Gasteiger charge is 2.06. The Morgan fingerprint density at radius 2 is 1.86 bits per heavy atom. The third-order valence-electron chi connectivity index (χ3n) is 2.87. The van der Waals surface area contributed by atoms with Crippen molar-refractivity contribution >= 4 is 17.7 Å². The molecule has 0 atom stereocenters. The fourth-order valence-electron chi connectivity index (χ4n) is 1.84. The summed E-state index contributed by atoms with van der Waals surface area (Å²) in [7, 11) is 0. The maximum Gasteiger partial charge on any atom is 0.230 e. The summed E-state index contributed by atoms with van der Waals surface area (Å²) < 4.78 is 0. The van der Waals surface area contributed by atoms with Crippen molar-refractivity contribution in [3.05, 3.63) is 52.8 Å². The van der Waals surface area contributed by atoms with Gasteiger partial charge >= 0.3 is 0 Å². The van der Waals surface area contributed by atoms with Gasteiger partial charge in [0.15, 0.2) is 5.16 Å². The zero-order valence-electron chi connectivity index (χ0n) is 12.5. The summed E-state index contributed by atoms with van der Waals surface area (Å²) in [5.41, 5.74) is 3.36. The molecule has 0 aliphatic carbocycles. The van der Waals surface area contributed by atoms with Gasteiger partial charge in [0.2, 0.25) is 5.91 Å². The lowest BCUT2D eigenvalue weighted by molar-refractivity contribution is -0.118. The van der Waals surface area contributed by atoms with Crippen LogP contribution in [-0.4, -0.2) is 21.6 Å². The molecule has 1 amide bonds. The molecule has 0 saturated heterocycles. The average molecular weight is 312 g/mol. The predicted octanol–water partition coefficient (Wildman–Crippen LogP) is 2.37. The molecule has 112 valence electrons. The first-order valence-corrected chi connectivity index (χ1v) is 7.76. The number of nitriles is 1. The number of benzene rings is 1. The van der Waals surface area contributed by atoms with E-state index in [1.54, 1.807) is 12.1 Å². The Morgan fingerprint density at radius 3 is 2.45 bits per heavy atom. The van der Waals surface area contributed by atoms with Crippen LogP contribution in [-0.2, 0) is 11.3 Å². The molecule has 0 aliphatic rings. The third-order valence-corrected chi connectivity index (χ3v) is 3.71. The van der Waals surface area contributed by atoms with Gasteiger partial charge in [-0.2, -0.15) is 5.26 Å². The van der Waals surface area contributed by atoms with Crippen molar-refractivity contribution in [3.8, 4) is 6.07 Å².